The number of aryl methyl sites for hydroxylation is 1. The minimum absolute atomic E-state index is 0.0276. The molecule has 0 radical (unpaired) electrons. The molecule has 9 heteroatoms. The molecule has 9 atom stereocenters. The third-order valence-corrected chi connectivity index (χ3v) is 19.1. The fourth-order valence-corrected chi connectivity index (χ4v) is 12.3. The normalized spacial score (nSPS) is 41.1. The van der Waals surface area contributed by atoms with E-state index in [9.17, 15) is 13.5 Å². The van der Waals surface area contributed by atoms with Crippen LogP contribution in [0, 0.1) is 41.4 Å². The summed E-state index contributed by atoms with van der Waals surface area (Å²) in [6.45, 7) is 19.1. The number of rotatable bonds is 5. The predicted molar refractivity (Wildman–Crippen MR) is 168 cm³/mol. The minimum Gasteiger partial charge on any atom is -0.414 e. The lowest BCUT2D eigenvalue weighted by Crippen LogP contribution is -2.66. The average Bonchev–Trinajstić information content (AvgIpc) is 3.52. The lowest BCUT2D eigenvalue weighted by Gasteiger charge is -2.64. The Labute approximate surface area is 260 Å². The predicted octanol–water partition coefficient (Wildman–Crippen LogP) is 6.83. The third kappa shape index (κ3) is 5.03. The summed E-state index contributed by atoms with van der Waals surface area (Å²) in [5.41, 5.74) is 0.592. The molecule has 4 saturated carbocycles. The van der Waals surface area contributed by atoms with Crippen molar-refractivity contribution in [2.45, 2.75) is 134 Å². The molecule has 5 fully saturated rings. The van der Waals surface area contributed by atoms with Gasteiger partial charge in [0.05, 0.1) is 24.2 Å². The summed E-state index contributed by atoms with van der Waals surface area (Å²) in [5.74, 6) is -0.363. The van der Waals surface area contributed by atoms with Gasteiger partial charge in [-0.05, 0) is 105 Å². The van der Waals surface area contributed by atoms with Gasteiger partial charge in [0, 0.05) is 17.9 Å². The Balaban J connectivity index is 1.37. The maximum Gasteiger partial charge on any atom is 0.297 e. The number of hydrogen-bond acceptors (Lipinski definition) is 7. The monoisotopic (exact) mass is 634 g/mol. The fraction of sp³-hybridized carbons (Fsp3) is 0.824. The van der Waals surface area contributed by atoms with E-state index < -0.39 is 36.4 Å². The largest absolute Gasteiger partial charge is 0.414 e. The molecule has 0 aromatic heterocycles. The van der Waals surface area contributed by atoms with E-state index in [0.29, 0.717) is 19.6 Å². The van der Waals surface area contributed by atoms with Gasteiger partial charge in [-0.1, -0.05) is 52.3 Å². The van der Waals surface area contributed by atoms with E-state index in [2.05, 4.69) is 47.7 Å². The van der Waals surface area contributed by atoms with Crippen LogP contribution in [0.15, 0.2) is 29.2 Å². The van der Waals surface area contributed by atoms with Crippen molar-refractivity contribution >= 4 is 18.4 Å². The van der Waals surface area contributed by atoms with E-state index >= 15 is 0 Å². The second-order valence-corrected chi connectivity index (χ2v) is 22.8. The molecule has 0 bridgehead atoms. The number of aliphatic hydroxyl groups excluding tert-OH is 1. The van der Waals surface area contributed by atoms with E-state index in [4.69, 9.17) is 18.1 Å². The molecule has 1 saturated heterocycles. The summed E-state index contributed by atoms with van der Waals surface area (Å²) in [6, 6.07) is 6.81. The molecule has 1 aromatic carbocycles. The molecule has 5 aliphatic rings. The van der Waals surface area contributed by atoms with Crippen LogP contribution in [0.2, 0.25) is 18.1 Å². The zero-order valence-corrected chi connectivity index (χ0v) is 29.3. The van der Waals surface area contributed by atoms with Crippen LogP contribution in [0.5, 0.6) is 0 Å². The maximum atomic E-state index is 13.8. The molecule has 242 valence electrons. The highest BCUT2D eigenvalue weighted by molar-refractivity contribution is 7.86. The Morgan fingerprint density at radius 1 is 0.930 bits per heavy atom. The van der Waals surface area contributed by atoms with Crippen LogP contribution < -0.4 is 0 Å². The zero-order valence-electron chi connectivity index (χ0n) is 27.5. The molecule has 43 heavy (non-hydrogen) atoms. The van der Waals surface area contributed by atoms with Crippen molar-refractivity contribution in [3.63, 3.8) is 0 Å². The summed E-state index contributed by atoms with van der Waals surface area (Å²) >= 11 is 0. The summed E-state index contributed by atoms with van der Waals surface area (Å²) in [7, 11) is -6.15. The molecule has 0 amide bonds. The molecular formula is C34H54O7SSi. The highest BCUT2D eigenvalue weighted by Crippen LogP contribution is 2.70. The van der Waals surface area contributed by atoms with E-state index in [0.717, 1.165) is 44.1 Å². The Morgan fingerprint density at radius 2 is 1.56 bits per heavy atom. The Kier molecular flexibility index (Phi) is 7.93. The van der Waals surface area contributed by atoms with Crippen LogP contribution in [0.4, 0.5) is 0 Å². The summed E-state index contributed by atoms with van der Waals surface area (Å²) in [6.07, 6.45) is 4.57. The van der Waals surface area contributed by atoms with E-state index in [1.165, 1.54) is 0 Å². The number of ether oxygens (including phenoxy) is 2. The van der Waals surface area contributed by atoms with Gasteiger partial charge in [0.25, 0.3) is 10.1 Å². The lowest BCUT2D eigenvalue weighted by atomic mass is 9.43. The summed E-state index contributed by atoms with van der Waals surface area (Å²) in [4.78, 5) is 0.139. The van der Waals surface area contributed by atoms with Crippen LogP contribution in [0.25, 0.3) is 0 Å². The number of hydrogen-bond donors (Lipinski definition) is 1. The van der Waals surface area contributed by atoms with E-state index in [1.807, 2.05) is 6.92 Å². The van der Waals surface area contributed by atoms with Crippen molar-refractivity contribution in [1.29, 1.82) is 0 Å². The van der Waals surface area contributed by atoms with E-state index in [1.54, 1.807) is 24.3 Å². The zero-order chi connectivity index (χ0) is 31.2. The standard InChI is InChI=1S/C34H54O7SSi/c1-22-9-11-24(12-10-22)42(36,37)40-30-27-21-23(41-43(7,8)31(2,3)4)13-16-32(27,5)25-14-17-33(6)26(28(25)29(30)35)15-18-34(33)38-19-20-39-34/h9-12,23,25-30,35H,13-21H2,1-8H3/t23?,25?,26?,27?,28?,29?,30-,32-,33+/m1/s1. The van der Waals surface area contributed by atoms with Gasteiger partial charge in [-0.15, -0.1) is 0 Å². The van der Waals surface area contributed by atoms with Gasteiger partial charge in [-0.2, -0.15) is 8.42 Å². The molecule has 4 aliphatic carbocycles. The molecule has 1 spiro atoms. The average molecular weight is 635 g/mol. The second-order valence-electron chi connectivity index (χ2n) is 16.4. The first-order chi connectivity index (χ1) is 19.9. The van der Waals surface area contributed by atoms with Crippen LogP contribution in [-0.2, 0) is 28.2 Å². The Bertz CT molecular complexity index is 1300. The van der Waals surface area contributed by atoms with E-state index in [-0.39, 0.29) is 50.5 Å². The highest BCUT2D eigenvalue weighted by Gasteiger charge is 2.70. The molecular weight excluding hydrogens is 581 g/mol. The Hall–Kier alpha value is -0.813. The molecule has 1 aromatic rings. The van der Waals surface area contributed by atoms with Gasteiger partial charge in [0.15, 0.2) is 14.1 Å². The number of fused-ring (bicyclic) bond motifs is 6. The van der Waals surface area contributed by atoms with Gasteiger partial charge < -0.3 is 19.0 Å². The van der Waals surface area contributed by atoms with Crippen LogP contribution in [-0.4, -0.2) is 59.2 Å². The highest BCUT2D eigenvalue weighted by atomic mass is 32.2. The molecule has 6 rings (SSSR count). The van der Waals surface area contributed by atoms with Crippen molar-refractivity contribution in [1.82, 2.24) is 0 Å². The van der Waals surface area contributed by atoms with Crippen molar-refractivity contribution in [2.75, 3.05) is 13.2 Å². The summed E-state index contributed by atoms with van der Waals surface area (Å²) < 4.78 is 53.6. The van der Waals surface area contributed by atoms with Gasteiger partial charge in [0.2, 0.25) is 0 Å². The van der Waals surface area contributed by atoms with Gasteiger partial charge in [-0.3, -0.25) is 4.18 Å². The van der Waals surface area contributed by atoms with Crippen molar-refractivity contribution in [3.8, 4) is 0 Å². The second kappa shape index (κ2) is 10.6. The van der Waals surface area contributed by atoms with Crippen LogP contribution in [0.3, 0.4) is 0 Å². The van der Waals surface area contributed by atoms with Gasteiger partial charge in [0.1, 0.15) is 6.10 Å². The van der Waals surface area contributed by atoms with Crippen molar-refractivity contribution < 1.29 is 31.6 Å². The molecule has 6 unspecified atom stereocenters. The van der Waals surface area contributed by atoms with Crippen molar-refractivity contribution in [2.24, 2.45) is 34.5 Å². The fourth-order valence-electron chi connectivity index (χ4n) is 9.81. The maximum absolute atomic E-state index is 13.8. The van der Waals surface area contributed by atoms with Gasteiger partial charge >= 0.3 is 0 Å². The quantitative estimate of drug-likeness (QED) is 0.281. The number of benzene rings is 1. The molecule has 1 heterocycles. The van der Waals surface area contributed by atoms with Crippen LogP contribution >= 0.6 is 0 Å². The summed E-state index contributed by atoms with van der Waals surface area (Å²) in [5, 5.41) is 12.5. The smallest absolute Gasteiger partial charge is 0.297 e. The number of aliphatic hydroxyl groups is 1. The topological polar surface area (TPSA) is 91.3 Å². The first kappa shape index (κ1) is 32.1. The third-order valence-electron chi connectivity index (χ3n) is 13.3. The lowest BCUT2D eigenvalue weighted by molar-refractivity contribution is -0.266. The molecule has 1 N–H and O–H groups in total. The van der Waals surface area contributed by atoms with Gasteiger partial charge in [-0.25, -0.2) is 0 Å². The molecule has 1 aliphatic heterocycles. The van der Waals surface area contributed by atoms with Crippen LogP contribution in [0.1, 0.15) is 85.1 Å². The first-order valence-electron chi connectivity index (χ1n) is 16.6. The van der Waals surface area contributed by atoms with Crippen molar-refractivity contribution in [3.05, 3.63) is 29.8 Å². The molecule has 7 nitrogen and oxygen atoms in total. The minimum atomic E-state index is -4.10. The first-order valence-corrected chi connectivity index (χ1v) is 20.9. The SMILES string of the molecule is Cc1ccc(S(=O)(=O)O[C@H]2C(O)C3C(CC[C@@]4(C)C3CCC43OCCO3)[C@@]3(C)CCC(O[Si](C)(C)C(C)(C)C)CC23)cc1. The Morgan fingerprint density at radius 3 is 2.19 bits per heavy atom.